The van der Waals surface area contributed by atoms with E-state index in [1.165, 1.54) is 28.8 Å². The molecule has 2 aromatic carbocycles. The van der Waals surface area contributed by atoms with Gasteiger partial charge < -0.3 is 20.1 Å². The molecule has 3 rings (SSSR count). The predicted molar refractivity (Wildman–Crippen MR) is 106 cm³/mol. The lowest BCUT2D eigenvalue weighted by molar-refractivity contribution is 0.0453. The number of hydrogen-bond donors (Lipinski definition) is 2. The number of benzene rings is 2. The zero-order valence-electron chi connectivity index (χ0n) is 15.7. The molecule has 0 spiro atoms. The molecule has 1 atom stereocenters. The first kappa shape index (κ1) is 18.9. The van der Waals surface area contributed by atoms with E-state index >= 15 is 0 Å². The van der Waals surface area contributed by atoms with Crippen LogP contribution in [0, 0.1) is 0 Å². The van der Waals surface area contributed by atoms with Gasteiger partial charge >= 0.3 is 0 Å². The molecule has 0 fully saturated rings. The molecule has 4 heteroatoms. The van der Waals surface area contributed by atoms with Crippen molar-refractivity contribution in [1.82, 2.24) is 5.32 Å². The fourth-order valence-electron chi connectivity index (χ4n) is 3.38. The van der Waals surface area contributed by atoms with Gasteiger partial charge in [0.1, 0.15) is 0 Å². The highest BCUT2D eigenvalue weighted by atomic mass is 16.5. The second-order valence-corrected chi connectivity index (χ2v) is 6.66. The lowest BCUT2D eigenvalue weighted by Gasteiger charge is -2.19. The van der Waals surface area contributed by atoms with E-state index in [0.29, 0.717) is 25.9 Å². The third-order valence-corrected chi connectivity index (χ3v) is 4.71. The van der Waals surface area contributed by atoms with Gasteiger partial charge in [0.25, 0.3) is 0 Å². The zero-order chi connectivity index (χ0) is 18.0. The number of rotatable bonds is 9. The van der Waals surface area contributed by atoms with Gasteiger partial charge in [-0.15, -0.1) is 0 Å². The van der Waals surface area contributed by atoms with Crippen LogP contribution in [0.2, 0.25) is 0 Å². The first-order chi connectivity index (χ1) is 12.9. The summed E-state index contributed by atoms with van der Waals surface area (Å²) in [6.07, 6.45) is 2.34. The smallest absolute Gasteiger partial charge is 0.0718 e. The number of nitrogens with one attached hydrogen (secondary N) is 2. The van der Waals surface area contributed by atoms with Crippen LogP contribution in [0.25, 0.3) is 0 Å². The number of fused-ring (bicyclic) bond motifs is 1. The molecular weight excluding hydrogens is 324 g/mol. The van der Waals surface area contributed by atoms with Gasteiger partial charge in [0.2, 0.25) is 0 Å². The zero-order valence-corrected chi connectivity index (χ0v) is 15.7. The lowest BCUT2D eigenvalue weighted by Crippen LogP contribution is -2.20. The van der Waals surface area contributed by atoms with Gasteiger partial charge in [-0.25, -0.2) is 0 Å². The van der Waals surface area contributed by atoms with Gasteiger partial charge in [-0.05, 0) is 42.5 Å². The molecule has 1 aliphatic rings. The third-order valence-electron chi connectivity index (χ3n) is 4.71. The molecule has 4 nitrogen and oxygen atoms in total. The van der Waals surface area contributed by atoms with E-state index in [0.717, 1.165) is 26.1 Å². The van der Waals surface area contributed by atoms with E-state index in [1.54, 1.807) is 0 Å². The summed E-state index contributed by atoms with van der Waals surface area (Å²) < 4.78 is 11.0. The average molecular weight is 354 g/mol. The van der Waals surface area contributed by atoms with E-state index < -0.39 is 0 Å². The second kappa shape index (κ2) is 10.3. The van der Waals surface area contributed by atoms with E-state index in [-0.39, 0.29) is 0 Å². The Labute approximate surface area is 156 Å². The highest BCUT2D eigenvalue weighted by Gasteiger charge is 2.17. The monoisotopic (exact) mass is 354 g/mol. The molecule has 0 aliphatic carbocycles. The number of ether oxygens (including phenoxy) is 2. The van der Waals surface area contributed by atoms with Crippen LogP contribution in [0.5, 0.6) is 0 Å². The summed E-state index contributed by atoms with van der Waals surface area (Å²) in [6.45, 7) is 6.59. The first-order valence-corrected chi connectivity index (χ1v) is 9.66. The quantitative estimate of drug-likeness (QED) is 0.660. The van der Waals surface area contributed by atoms with E-state index in [4.69, 9.17) is 9.47 Å². The largest absolute Gasteiger partial charge is 0.385 e. The number of anilines is 1. The van der Waals surface area contributed by atoms with Crippen molar-refractivity contribution in [2.75, 3.05) is 31.7 Å². The van der Waals surface area contributed by atoms with Gasteiger partial charge in [-0.1, -0.05) is 42.5 Å². The molecule has 0 amide bonds. The van der Waals surface area contributed by atoms with Crippen LogP contribution in [-0.4, -0.2) is 26.4 Å². The van der Waals surface area contributed by atoms with Crippen LogP contribution in [-0.2, 0) is 22.6 Å². The van der Waals surface area contributed by atoms with Crippen LogP contribution in [0.3, 0.4) is 0 Å². The standard InChI is InChI=1S/C22H30N2O2/c1-2-25-13-14-26-17-19-8-5-7-18(15-19)16-24-22-11-6-12-23-21-10-4-3-9-20(21)22/h3-5,7-10,15,22-24H,2,6,11-14,16-17H2,1H3. The van der Waals surface area contributed by atoms with Gasteiger partial charge in [0, 0.05) is 31.4 Å². The first-order valence-electron chi connectivity index (χ1n) is 9.66. The van der Waals surface area contributed by atoms with Crippen molar-refractivity contribution in [2.45, 2.75) is 39.0 Å². The van der Waals surface area contributed by atoms with Crippen LogP contribution in [0.1, 0.15) is 42.5 Å². The Bertz CT molecular complexity index is 675. The van der Waals surface area contributed by atoms with Gasteiger partial charge in [-0.3, -0.25) is 0 Å². The highest BCUT2D eigenvalue weighted by molar-refractivity contribution is 5.53. The third kappa shape index (κ3) is 5.56. The van der Waals surface area contributed by atoms with Crippen LogP contribution < -0.4 is 10.6 Å². The maximum absolute atomic E-state index is 5.68. The predicted octanol–water partition coefficient (Wildman–Crippen LogP) is 4.28. The van der Waals surface area contributed by atoms with Gasteiger partial charge in [0.15, 0.2) is 0 Å². The Morgan fingerprint density at radius 3 is 2.81 bits per heavy atom. The van der Waals surface area contributed by atoms with Crippen LogP contribution >= 0.6 is 0 Å². The molecule has 26 heavy (non-hydrogen) atoms. The normalized spacial score (nSPS) is 16.6. The molecular formula is C22H30N2O2. The molecule has 2 aromatic rings. The molecule has 0 radical (unpaired) electrons. The van der Waals surface area contributed by atoms with Crippen LogP contribution in [0.4, 0.5) is 5.69 Å². The fourth-order valence-corrected chi connectivity index (χ4v) is 3.38. The summed E-state index contributed by atoms with van der Waals surface area (Å²) in [7, 11) is 0. The van der Waals surface area contributed by atoms with Crippen molar-refractivity contribution >= 4 is 5.69 Å². The van der Waals surface area contributed by atoms with Gasteiger partial charge in [-0.2, -0.15) is 0 Å². The van der Waals surface area contributed by atoms with E-state index in [2.05, 4.69) is 59.2 Å². The summed E-state index contributed by atoms with van der Waals surface area (Å²) in [5, 5.41) is 7.28. The molecule has 1 heterocycles. The van der Waals surface area contributed by atoms with Crippen molar-refractivity contribution in [2.24, 2.45) is 0 Å². The summed E-state index contributed by atoms with van der Waals surface area (Å²) >= 11 is 0. The highest BCUT2D eigenvalue weighted by Crippen LogP contribution is 2.29. The van der Waals surface area contributed by atoms with Gasteiger partial charge in [0.05, 0.1) is 19.8 Å². The lowest BCUT2D eigenvalue weighted by atomic mass is 10.0. The van der Waals surface area contributed by atoms with Crippen molar-refractivity contribution in [3.63, 3.8) is 0 Å². The van der Waals surface area contributed by atoms with Crippen molar-refractivity contribution in [1.29, 1.82) is 0 Å². The maximum atomic E-state index is 5.68. The van der Waals surface area contributed by atoms with E-state index in [1.807, 2.05) is 6.92 Å². The Morgan fingerprint density at radius 1 is 1.04 bits per heavy atom. The summed E-state index contributed by atoms with van der Waals surface area (Å²) in [6, 6.07) is 17.7. The summed E-state index contributed by atoms with van der Waals surface area (Å²) in [4.78, 5) is 0. The minimum absolute atomic E-state index is 0.396. The van der Waals surface area contributed by atoms with Crippen molar-refractivity contribution in [3.05, 3.63) is 65.2 Å². The Balaban J connectivity index is 1.54. The number of hydrogen-bond acceptors (Lipinski definition) is 4. The average Bonchev–Trinajstić information content (AvgIpc) is 2.89. The Morgan fingerprint density at radius 2 is 1.88 bits per heavy atom. The summed E-state index contributed by atoms with van der Waals surface area (Å²) in [5.41, 5.74) is 5.15. The molecule has 0 bridgehead atoms. The topological polar surface area (TPSA) is 42.5 Å². The molecule has 0 saturated carbocycles. The Hall–Kier alpha value is -1.88. The molecule has 0 saturated heterocycles. The SMILES string of the molecule is CCOCCOCc1cccc(CNC2CCCNc3ccccc32)c1. The second-order valence-electron chi connectivity index (χ2n) is 6.66. The van der Waals surface area contributed by atoms with Crippen LogP contribution in [0.15, 0.2) is 48.5 Å². The van der Waals surface area contributed by atoms with Crippen molar-refractivity contribution in [3.8, 4) is 0 Å². The van der Waals surface area contributed by atoms with Crippen molar-refractivity contribution < 1.29 is 9.47 Å². The Kier molecular flexibility index (Phi) is 7.50. The maximum Gasteiger partial charge on any atom is 0.0718 e. The molecule has 1 aliphatic heterocycles. The molecule has 2 N–H and O–H groups in total. The molecule has 1 unspecified atom stereocenters. The summed E-state index contributed by atoms with van der Waals surface area (Å²) in [5.74, 6) is 0. The minimum atomic E-state index is 0.396. The van der Waals surface area contributed by atoms with E-state index in [9.17, 15) is 0 Å². The fraction of sp³-hybridized carbons (Fsp3) is 0.455. The molecule has 140 valence electrons. The molecule has 0 aromatic heterocycles. The minimum Gasteiger partial charge on any atom is -0.385 e. The number of para-hydroxylation sites is 1.